The molecule has 13 heavy (non-hydrogen) atoms. The molecule has 0 bridgehead atoms. The molecule has 0 aromatic heterocycles. The molecule has 2 N–H and O–H groups in total. The van der Waals surface area contributed by atoms with Gasteiger partial charge in [0.2, 0.25) is 0 Å². The predicted molar refractivity (Wildman–Crippen MR) is 47.9 cm³/mol. The molecule has 1 heterocycles. The van der Waals surface area contributed by atoms with Crippen molar-refractivity contribution < 1.29 is 14.3 Å². The Morgan fingerprint density at radius 1 is 1.85 bits per heavy atom. The minimum atomic E-state index is -0.602. The van der Waals surface area contributed by atoms with E-state index in [1.807, 2.05) is 6.08 Å². The van der Waals surface area contributed by atoms with Crippen LogP contribution in [0.5, 0.6) is 0 Å². The molecule has 1 aliphatic rings. The van der Waals surface area contributed by atoms with Gasteiger partial charge in [0.15, 0.2) is 0 Å². The molecule has 4 nitrogen and oxygen atoms in total. The van der Waals surface area contributed by atoms with Crippen LogP contribution in [0.15, 0.2) is 11.8 Å². The summed E-state index contributed by atoms with van der Waals surface area (Å²) in [4.78, 5) is 11.0. The second-order valence-corrected chi connectivity index (χ2v) is 2.99. The first-order valence-corrected chi connectivity index (χ1v) is 4.39. The number of carbonyl (C=O) groups is 1. The summed E-state index contributed by atoms with van der Waals surface area (Å²) in [6, 6.07) is -0.602. The molecule has 0 fully saturated rings. The van der Waals surface area contributed by atoms with Gasteiger partial charge in [0, 0.05) is 6.42 Å². The van der Waals surface area contributed by atoms with Gasteiger partial charge in [0.25, 0.3) is 0 Å². The number of rotatable bonds is 3. The van der Waals surface area contributed by atoms with Crippen LogP contribution in [-0.2, 0) is 14.3 Å². The summed E-state index contributed by atoms with van der Waals surface area (Å²) in [6.45, 7) is 0.722. The molecule has 74 valence electrons. The number of hydrogen-bond acceptors (Lipinski definition) is 4. The Balaban J connectivity index is 2.38. The zero-order valence-electron chi connectivity index (χ0n) is 7.79. The highest BCUT2D eigenvalue weighted by Gasteiger charge is 2.17. The number of allylic oxidation sites excluding steroid dienone is 1. The van der Waals surface area contributed by atoms with Crippen LogP contribution in [0, 0.1) is 0 Å². The van der Waals surface area contributed by atoms with E-state index in [1.165, 1.54) is 7.11 Å². The van der Waals surface area contributed by atoms with Crippen LogP contribution < -0.4 is 5.73 Å². The van der Waals surface area contributed by atoms with Crippen LogP contribution in [0.4, 0.5) is 0 Å². The van der Waals surface area contributed by atoms with Gasteiger partial charge in [-0.2, -0.15) is 0 Å². The van der Waals surface area contributed by atoms with Crippen LogP contribution >= 0.6 is 0 Å². The van der Waals surface area contributed by atoms with E-state index in [9.17, 15) is 4.79 Å². The Kier molecular flexibility index (Phi) is 3.76. The maximum absolute atomic E-state index is 11.0. The van der Waals surface area contributed by atoms with Crippen molar-refractivity contribution in [1.29, 1.82) is 0 Å². The predicted octanol–water partition coefficient (Wildman–Crippen LogP) is 0.571. The summed E-state index contributed by atoms with van der Waals surface area (Å²) >= 11 is 0. The molecule has 1 rings (SSSR count). The number of carbonyl (C=O) groups excluding carboxylic acids is 1. The van der Waals surface area contributed by atoms with E-state index in [0.29, 0.717) is 6.42 Å². The monoisotopic (exact) mass is 185 g/mol. The lowest BCUT2D eigenvalue weighted by atomic mass is 10.1. The molecule has 1 atom stereocenters. The van der Waals surface area contributed by atoms with Crippen LogP contribution in [-0.4, -0.2) is 25.7 Å². The van der Waals surface area contributed by atoms with Gasteiger partial charge in [0.05, 0.1) is 19.5 Å². The average molecular weight is 185 g/mol. The van der Waals surface area contributed by atoms with Gasteiger partial charge in [-0.25, -0.2) is 0 Å². The summed E-state index contributed by atoms with van der Waals surface area (Å²) in [6.07, 6.45) is 4.46. The highest BCUT2D eigenvalue weighted by atomic mass is 16.5. The van der Waals surface area contributed by atoms with E-state index in [-0.39, 0.29) is 0 Å². The number of nitrogens with two attached hydrogens (primary N) is 1. The minimum Gasteiger partial charge on any atom is -0.498 e. The summed E-state index contributed by atoms with van der Waals surface area (Å²) in [5.74, 6) is 0.416. The largest absolute Gasteiger partial charge is 0.498 e. The quantitative estimate of drug-likeness (QED) is 0.653. The lowest BCUT2D eigenvalue weighted by Gasteiger charge is -2.17. The minimum absolute atomic E-state index is 0.393. The third-order valence-electron chi connectivity index (χ3n) is 1.93. The van der Waals surface area contributed by atoms with Crippen molar-refractivity contribution in [2.45, 2.75) is 25.3 Å². The summed E-state index contributed by atoms with van der Waals surface area (Å²) in [7, 11) is 1.33. The molecule has 0 aromatic carbocycles. The van der Waals surface area contributed by atoms with E-state index < -0.39 is 12.0 Å². The summed E-state index contributed by atoms with van der Waals surface area (Å²) in [5, 5.41) is 0. The van der Waals surface area contributed by atoms with Gasteiger partial charge in [-0.1, -0.05) is 0 Å². The van der Waals surface area contributed by atoms with Crippen molar-refractivity contribution in [2.75, 3.05) is 13.7 Å². The van der Waals surface area contributed by atoms with E-state index in [1.54, 1.807) is 0 Å². The van der Waals surface area contributed by atoms with Crippen LogP contribution in [0.3, 0.4) is 0 Å². The highest BCUT2D eigenvalue weighted by Crippen LogP contribution is 2.14. The Bertz CT molecular complexity index is 213. The lowest BCUT2D eigenvalue weighted by molar-refractivity contribution is -0.142. The highest BCUT2D eigenvalue weighted by molar-refractivity contribution is 5.75. The van der Waals surface area contributed by atoms with Crippen molar-refractivity contribution in [2.24, 2.45) is 5.73 Å². The number of methoxy groups -OCH3 is 1. The fourth-order valence-corrected chi connectivity index (χ4v) is 1.20. The molecular weight excluding hydrogens is 170 g/mol. The zero-order valence-corrected chi connectivity index (χ0v) is 7.79. The SMILES string of the molecule is COC(=O)C(N)CC1=CCCCO1. The topological polar surface area (TPSA) is 61.5 Å². The van der Waals surface area contributed by atoms with Gasteiger partial charge in [-0.05, 0) is 18.9 Å². The molecule has 0 aliphatic carbocycles. The molecule has 0 saturated heterocycles. The molecule has 0 spiro atoms. The third kappa shape index (κ3) is 3.06. The smallest absolute Gasteiger partial charge is 0.323 e. The summed E-state index contributed by atoms with van der Waals surface area (Å²) < 4.78 is 9.82. The molecule has 0 saturated carbocycles. The Labute approximate surface area is 77.7 Å². The van der Waals surface area contributed by atoms with Crippen molar-refractivity contribution in [3.8, 4) is 0 Å². The number of esters is 1. The first kappa shape index (κ1) is 10.1. The third-order valence-corrected chi connectivity index (χ3v) is 1.93. The summed E-state index contributed by atoms with van der Waals surface area (Å²) in [5.41, 5.74) is 5.56. The van der Waals surface area contributed by atoms with Gasteiger partial charge in [-0.15, -0.1) is 0 Å². The van der Waals surface area contributed by atoms with Crippen LogP contribution in [0.2, 0.25) is 0 Å². The normalized spacial score (nSPS) is 18.5. The van der Waals surface area contributed by atoms with Crippen LogP contribution in [0.25, 0.3) is 0 Å². The second kappa shape index (κ2) is 4.87. The molecular formula is C9H15NO3. The van der Waals surface area contributed by atoms with Crippen molar-refractivity contribution in [1.82, 2.24) is 0 Å². The molecule has 4 heteroatoms. The van der Waals surface area contributed by atoms with Crippen LogP contribution in [0.1, 0.15) is 19.3 Å². The lowest BCUT2D eigenvalue weighted by Crippen LogP contribution is -2.32. The molecule has 1 unspecified atom stereocenters. The molecule has 0 amide bonds. The van der Waals surface area contributed by atoms with Crippen molar-refractivity contribution in [3.05, 3.63) is 11.8 Å². The van der Waals surface area contributed by atoms with Gasteiger partial charge in [-0.3, -0.25) is 4.79 Å². The van der Waals surface area contributed by atoms with Gasteiger partial charge in [0.1, 0.15) is 6.04 Å². The first-order chi connectivity index (χ1) is 6.24. The maximum Gasteiger partial charge on any atom is 0.323 e. The van der Waals surface area contributed by atoms with E-state index in [0.717, 1.165) is 25.2 Å². The van der Waals surface area contributed by atoms with Gasteiger partial charge >= 0.3 is 5.97 Å². The van der Waals surface area contributed by atoms with Gasteiger partial charge < -0.3 is 15.2 Å². The number of hydrogen-bond donors (Lipinski definition) is 1. The maximum atomic E-state index is 11.0. The Hall–Kier alpha value is -1.03. The zero-order chi connectivity index (χ0) is 9.68. The Morgan fingerprint density at radius 2 is 2.62 bits per heavy atom. The standard InChI is InChI=1S/C9H15NO3/c1-12-9(11)8(10)6-7-4-2-3-5-13-7/h4,8H,2-3,5-6,10H2,1H3. The fourth-order valence-electron chi connectivity index (χ4n) is 1.20. The first-order valence-electron chi connectivity index (χ1n) is 4.39. The Morgan fingerprint density at radius 3 is 3.15 bits per heavy atom. The average Bonchev–Trinajstić information content (AvgIpc) is 2.18. The van der Waals surface area contributed by atoms with E-state index in [2.05, 4.69) is 4.74 Å². The molecule has 0 radical (unpaired) electrons. The fraction of sp³-hybridized carbons (Fsp3) is 0.667. The van der Waals surface area contributed by atoms with Crippen molar-refractivity contribution in [3.63, 3.8) is 0 Å². The van der Waals surface area contributed by atoms with Crippen molar-refractivity contribution >= 4 is 5.97 Å². The van der Waals surface area contributed by atoms with E-state index >= 15 is 0 Å². The molecule has 0 aromatic rings. The van der Waals surface area contributed by atoms with E-state index in [4.69, 9.17) is 10.5 Å². The second-order valence-electron chi connectivity index (χ2n) is 2.99. The molecule has 1 aliphatic heterocycles. The number of ether oxygens (including phenoxy) is 2.